The van der Waals surface area contributed by atoms with Gasteiger partial charge in [-0.25, -0.2) is 0 Å². The standard InChI is InChI=1S/C11H18F6O/c1-7(2,3)9(10(12,13)14,11(15,16)17)8(4,5)18-6/h1-6H3. The van der Waals surface area contributed by atoms with Crippen molar-refractivity contribution in [3.63, 3.8) is 0 Å². The zero-order valence-electron chi connectivity index (χ0n) is 11.2. The molecule has 0 aliphatic heterocycles. The maximum Gasteiger partial charge on any atom is 0.406 e. The molecule has 1 nitrogen and oxygen atoms in total. The van der Waals surface area contributed by atoms with E-state index in [1.165, 1.54) is 0 Å². The molecule has 110 valence electrons. The Kier molecular flexibility index (Phi) is 4.17. The van der Waals surface area contributed by atoms with Gasteiger partial charge in [-0.15, -0.1) is 0 Å². The van der Waals surface area contributed by atoms with Crippen LogP contribution in [0.5, 0.6) is 0 Å². The molecular formula is C11H18F6O. The average molecular weight is 280 g/mol. The van der Waals surface area contributed by atoms with Gasteiger partial charge in [-0.3, -0.25) is 0 Å². The largest absolute Gasteiger partial charge is 0.406 e. The fraction of sp³-hybridized carbons (Fsp3) is 1.00. The van der Waals surface area contributed by atoms with Gasteiger partial charge in [0.1, 0.15) is 0 Å². The number of alkyl halides is 6. The minimum absolute atomic E-state index is 0.805. The predicted octanol–water partition coefficient (Wildman–Crippen LogP) is 4.57. The Bertz CT molecular complexity index is 258. The lowest BCUT2D eigenvalue weighted by molar-refractivity contribution is -0.416. The quantitative estimate of drug-likeness (QED) is 0.673. The first-order chi connectivity index (χ1) is 7.56. The van der Waals surface area contributed by atoms with Crippen LogP contribution in [0.4, 0.5) is 26.3 Å². The van der Waals surface area contributed by atoms with E-state index in [4.69, 9.17) is 0 Å². The van der Waals surface area contributed by atoms with Crippen LogP contribution in [-0.4, -0.2) is 25.1 Å². The molecule has 0 aromatic rings. The van der Waals surface area contributed by atoms with E-state index in [1.54, 1.807) is 0 Å². The van der Waals surface area contributed by atoms with Gasteiger partial charge in [-0.1, -0.05) is 20.8 Å². The van der Waals surface area contributed by atoms with Crippen LogP contribution < -0.4 is 0 Å². The van der Waals surface area contributed by atoms with E-state index < -0.39 is 28.8 Å². The van der Waals surface area contributed by atoms with Gasteiger partial charge in [-0.2, -0.15) is 26.3 Å². The summed E-state index contributed by atoms with van der Waals surface area (Å²) in [5.74, 6) is 0. The van der Waals surface area contributed by atoms with Crippen LogP contribution >= 0.6 is 0 Å². The van der Waals surface area contributed by atoms with E-state index in [0.29, 0.717) is 0 Å². The molecule has 18 heavy (non-hydrogen) atoms. The molecule has 0 unspecified atom stereocenters. The molecule has 0 heterocycles. The Labute approximate surface area is 102 Å². The van der Waals surface area contributed by atoms with Crippen molar-refractivity contribution in [3.8, 4) is 0 Å². The molecule has 0 fully saturated rings. The molecule has 0 radical (unpaired) electrons. The van der Waals surface area contributed by atoms with Crippen molar-refractivity contribution in [2.75, 3.05) is 7.11 Å². The molecule has 0 aromatic heterocycles. The molecule has 0 N–H and O–H groups in total. The molecule has 0 aliphatic rings. The highest BCUT2D eigenvalue weighted by atomic mass is 19.4. The van der Waals surface area contributed by atoms with E-state index in [0.717, 1.165) is 41.7 Å². The van der Waals surface area contributed by atoms with Gasteiger partial charge in [0.2, 0.25) is 0 Å². The summed E-state index contributed by atoms with van der Waals surface area (Å²) >= 11 is 0. The Morgan fingerprint density at radius 2 is 0.944 bits per heavy atom. The monoisotopic (exact) mass is 280 g/mol. The highest BCUT2D eigenvalue weighted by Gasteiger charge is 2.81. The number of ether oxygens (including phenoxy) is 1. The van der Waals surface area contributed by atoms with Crippen LogP contribution in [0.25, 0.3) is 0 Å². The van der Waals surface area contributed by atoms with Gasteiger partial charge in [-0.05, 0) is 19.3 Å². The molecule has 0 amide bonds. The van der Waals surface area contributed by atoms with Crippen LogP contribution in [-0.2, 0) is 4.74 Å². The second kappa shape index (κ2) is 4.28. The minimum Gasteiger partial charge on any atom is -0.377 e. The third-order valence-corrected chi connectivity index (χ3v) is 3.39. The van der Waals surface area contributed by atoms with E-state index in [2.05, 4.69) is 4.74 Å². The first-order valence-electron chi connectivity index (χ1n) is 5.25. The SMILES string of the molecule is COC(C)(C)C(C(C)(C)C)(C(F)(F)F)C(F)(F)F. The van der Waals surface area contributed by atoms with Crippen LogP contribution in [0.2, 0.25) is 0 Å². The fourth-order valence-corrected chi connectivity index (χ4v) is 2.75. The van der Waals surface area contributed by atoms with Crippen molar-refractivity contribution >= 4 is 0 Å². The molecule has 0 rings (SSSR count). The van der Waals surface area contributed by atoms with Gasteiger partial charge in [0.05, 0.1) is 5.60 Å². The Balaban J connectivity index is 6.47. The van der Waals surface area contributed by atoms with E-state index in [-0.39, 0.29) is 0 Å². The van der Waals surface area contributed by atoms with Gasteiger partial charge in [0, 0.05) is 7.11 Å². The number of halogens is 6. The van der Waals surface area contributed by atoms with Crippen molar-refractivity contribution in [1.82, 2.24) is 0 Å². The van der Waals surface area contributed by atoms with Crippen LogP contribution in [0, 0.1) is 10.8 Å². The highest BCUT2D eigenvalue weighted by Crippen LogP contribution is 2.65. The van der Waals surface area contributed by atoms with Gasteiger partial charge in [0.25, 0.3) is 0 Å². The molecule has 0 saturated heterocycles. The normalized spacial score (nSPS) is 16.0. The molecule has 0 aromatic carbocycles. The maximum atomic E-state index is 13.2. The van der Waals surface area contributed by atoms with Gasteiger partial charge >= 0.3 is 12.4 Å². The predicted molar refractivity (Wildman–Crippen MR) is 55.1 cm³/mol. The van der Waals surface area contributed by atoms with Crippen LogP contribution in [0.1, 0.15) is 34.6 Å². The number of rotatable bonds is 2. The summed E-state index contributed by atoms with van der Waals surface area (Å²) in [5, 5.41) is 0. The number of hydrogen-bond donors (Lipinski definition) is 0. The average Bonchev–Trinajstić information content (AvgIpc) is 1.94. The lowest BCUT2D eigenvalue weighted by Gasteiger charge is -2.54. The smallest absolute Gasteiger partial charge is 0.377 e. The Morgan fingerprint density at radius 3 is 1.00 bits per heavy atom. The Hall–Kier alpha value is -0.460. The van der Waals surface area contributed by atoms with Crippen molar-refractivity contribution in [2.45, 2.75) is 52.6 Å². The highest BCUT2D eigenvalue weighted by molar-refractivity contribution is 5.10. The van der Waals surface area contributed by atoms with Crippen LogP contribution in [0.3, 0.4) is 0 Å². The first kappa shape index (κ1) is 17.5. The van der Waals surface area contributed by atoms with Crippen molar-refractivity contribution < 1.29 is 31.1 Å². The van der Waals surface area contributed by atoms with Crippen molar-refractivity contribution in [2.24, 2.45) is 10.8 Å². The Morgan fingerprint density at radius 1 is 0.667 bits per heavy atom. The lowest BCUT2D eigenvalue weighted by Crippen LogP contribution is -2.69. The summed E-state index contributed by atoms with van der Waals surface area (Å²) in [5.41, 5.74) is -8.51. The third-order valence-electron chi connectivity index (χ3n) is 3.39. The summed E-state index contributed by atoms with van der Waals surface area (Å²) in [7, 11) is 0.845. The van der Waals surface area contributed by atoms with Crippen molar-refractivity contribution in [3.05, 3.63) is 0 Å². The zero-order chi connectivity index (χ0) is 15.2. The molecule has 0 atom stereocenters. The molecular weight excluding hydrogens is 262 g/mol. The second-order valence-corrected chi connectivity index (χ2v) is 5.71. The topological polar surface area (TPSA) is 9.23 Å². The van der Waals surface area contributed by atoms with E-state index >= 15 is 0 Å². The summed E-state index contributed by atoms with van der Waals surface area (Å²) in [6.45, 7) is 4.34. The summed E-state index contributed by atoms with van der Waals surface area (Å²) in [4.78, 5) is 0. The van der Waals surface area contributed by atoms with E-state index in [9.17, 15) is 26.3 Å². The molecule has 0 bridgehead atoms. The minimum atomic E-state index is -5.48. The maximum absolute atomic E-state index is 13.2. The molecule has 0 aliphatic carbocycles. The molecule has 7 heteroatoms. The third kappa shape index (κ3) is 2.21. The van der Waals surface area contributed by atoms with E-state index in [1.807, 2.05) is 0 Å². The van der Waals surface area contributed by atoms with Crippen LogP contribution in [0.15, 0.2) is 0 Å². The summed E-state index contributed by atoms with van der Waals surface area (Å²) in [6, 6.07) is 0. The van der Waals surface area contributed by atoms with Gasteiger partial charge < -0.3 is 4.74 Å². The second-order valence-electron chi connectivity index (χ2n) is 5.71. The molecule has 0 saturated carbocycles. The lowest BCUT2D eigenvalue weighted by atomic mass is 9.57. The summed E-state index contributed by atoms with van der Waals surface area (Å²) in [6.07, 6.45) is -11.0. The molecule has 0 spiro atoms. The first-order valence-corrected chi connectivity index (χ1v) is 5.25. The number of methoxy groups -OCH3 is 1. The number of hydrogen-bond acceptors (Lipinski definition) is 1. The van der Waals surface area contributed by atoms with Gasteiger partial charge in [0.15, 0.2) is 5.41 Å². The summed E-state index contributed by atoms with van der Waals surface area (Å²) < 4.78 is 84.0. The zero-order valence-corrected chi connectivity index (χ0v) is 11.2. The fourth-order valence-electron chi connectivity index (χ4n) is 2.75. The van der Waals surface area contributed by atoms with Crippen molar-refractivity contribution in [1.29, 1.82) is 0 Å².